The zero-order valence-electron chi connectivity index (χ0n) is 14.8. The minimum atomic E-state index is -2.83. The highest BCUT2D eigenvalue weighted by Crippen LogP contribution is 2.28. The average molecular weight is 395 g/mol. The van der Waals surface area contributed by atoms with E-state index in [2.05, 4.69) is 11.8 Å². The van der Waals surface area contributed by atoms with Crippen molar-refractivity contribution in [2.75, 3.05) is 25.2 Å². The normalized spacial score (nSPS) is 19.5. The summed E-state index contributed by atoms with van der Waals surface area (Å²) in [5, 5.41) is 8.77. The van der Waals surface area contributed by atoms with Crippen LogP contribution in [0.2, 0.25) is 0 Å². The summed E-state index contributed by atoms with van der Waals surface area (Å²) < 4.78 is 31.0. The molecule has 3 unspecified atom stereocenters. The number of carbonyl (C=O) groups is 2. The van der Waals surface area contributed by atoms with Crippen molar-refractivity contribution >= 4 is 28.8 Å². The van der Waals surface area contributed by atoms with E-state index in [4.69, 9.17) is 14.7 Å². The Balaban J connectivity index is 2.10. The molecule has 0 bridgehead atoms. The lowest BCUT2D eigenvalue weighted by Crippen LogP contribution is -2.49. The molecule has 2 rings (SSSR count). The number of cyclic esters (lactones) is 1. The first-order valence-corrected chi connectivity index (χ1v) is 8.99. The molecule has 1 saturated heterocycles. The van der Waals surface area contributed by atoms with Crippen molar-refractivity contribution in [2.24, 2.45) is 0 Å². The standard InChI is InChI=1S/C17H20N2O7S/c1-17(27(23)24,15(20)18-22)10-14-11-19(16(21)26-14)13-7-5-12(6-8-13)4-3-9-25-2/h5-8,14,22H,9-11H2,1-2H3,(H,18,20)(H,23,24)/p-1. The van der Waals surface area contributed by atoms with Crippen molar-refractivity contribution in [3.05, 3.63) is 29.8 Å². The Hall–Kier alpha value is -2.45. The van der Waals surface area contributed by atoms with Crippen LogP contribution >= 0.6 is 0 Å². The molecule has 3 atom stereocenters. The smallest absolute Gasteiger partial charge is 0.414 e. The molecule has 2 amide bonds. The van der Waals surface area contributed by atoms with Crippen LogP contribution in [0, 0.1) is 11.8 Å². The van der Waals surface area contributed by atoms with Gasteiger partial charge in [-0.1, -0.05) is 11.8 Å². The Morgan fingerprint density at radius 1 is 1.52 bits per heavy atom. The molecule has 0 aliphatic carbocycles. The molecule has 0 spiro atoms. The monoisotopic (exact) mass is 395 g/mol. The van der Waals surface area contributed by atoms with Crippen LogP contribution in [0.3, 0.4) is 0 Å². The van der Waals surface area contributed by atoms with Crippen LogP contribution in [-0.4, -0.2) is 57.1 Å². The average Bonchev–Trinajstić information content (AvgIpc) is 3.01. The zero-order chi connectivity index (χ0) is 20.0. The number of carbonyl (C=O) groups excluding carboxylic acids is 2. The first-order chi connectivity index (χ1) is 12.8. The van der Waals surface area contributed by atoms with Crippen molar-refractivity contribution in [1.29, 1.82) is 0 Å². The molecule has 10 heteroatoms. The third-order valence-electron chi connectivity index (χ3n) is 4.07. The summed E-state index contributed by atoms with van der Waals surface area (Å²) in [4.78, 5) is 25.2. The number of ether oxygens (including phenoxy) is 2. The molecule has 1 aliphatic rings. The van der Waals surface area contributed by atoms with Crippen LogP contribution in [0.25, 0.3) is 0 Å². The van der Waals surface area contributed by atoms with Crippen molar-refractivity contribution < 1.29 is 33.0 Å². The topological polar surface area (TPSA) is 128 Å². The van der Waals surface area contributed by atoms with Gasteiger partial charge in [-0.25, -0.2) is 10.3 Å². The lowest BCUT2D eigenvalue weighted by molar-refractivity contribution is -0.132. The summed E-state index contributed by atoms with van der Waals surface area (Å²) in [6.45, 7) is 1.52. The summed E-state index contributed by atoms with van der Waals surface area (Å²) in [6.07, 6.45) is -1.78. The van der Waals surface area contributed by atoms with Crippen LogP contribution < -0.4 is 10.4 Å². The fourth-order valence-corrected chi connectivity index (χ4v) is 3.08. The van der Waals surface area contributed by atoms with Gasteiger partial charge in [-0.2, -0.15) is 0 Å². The second kappa shape index (κ2) is 8.96. The molecule has 1 aromatic carbocycles. The van der Waals surface area contributed by atoms with E-state index in [9.17, 15) is 18.4 Å². The van der Waals surface area contributed by atoms with E-state index in [-0.39, 0.29) is 13.0 Å². The van der Waals surface area contributed by atoms with Gasteiger partial charge in [-0.05, 0) is 42.3 Å². The van der Waals surface area contributed by atoms with Gasteiger partial charge in [-0.15, -0.1) is 0 Å². The van der Waals surface area contributed by atoms with Crippen molar-refractivity contribution in [3.63, 3.8) is 0 Å². The van der Waals surface area contributed by atoms with Crippen LogP contribution in [-0.2, 0) is 25.3 Å². The molecule has 0 aromatic heterocycles. The highest BCUT2D eigenvalue weighted by molar-refractivity contribution is 7.81. The van der Waals surface area contributed by atoms with Gasteiger partial charge in [0.15, 0.2) is 0 Å². The zero-order valence-corrected chi connectivity index (χ0v) is 15.6. The van der Waals surface area contributed by atoms with Crippen molar-refractivity contribution in [1.82, 2.24) is 5.48 Å². The van der Waals surface area contributed by atoms with Crippen molar-refractivity contribution in [2.45, 2.75) is 24.2 Å². The molecule has 1 aromatic rings. The molecular formula is C17H19N2O7S-. The lowest BCUT2D eigenvalue weighted by Gasteiger charge is -2.30. The molecule has 1 aliphatic heterocycles. The molecule has 146 valence electrons. The largest absolute Gasteiger partial charge is 0.772 e. The molecule has 9 nitrogen and oxygen atoms in total. The van der Waals surface area contributed by atoms with Crippen molar-refractivity contribution in [3.8, 4) is 11.8 Å². The lowest BCUT2D eigenvalue weighted by atomic mass is 10.0. The fraction of sp³-hybridized carbons (Fsp3) is 0.412. The minimum absolute atomic E-state index is 0.0685. The summed E-state index contributed by atoms with van der Waals surface area (Å²) in [5.74, 6) is 4.62. The molecule has 1 heterocycles. The first-order valence-electron chi connectivity index (χ1n) is 7.91. The van der Waals surface area contributed by atoms with Gasteiger partial charge >= 0.3 is 6.09 Å². The fourth-order valence-electron chi connectivity index (χ4n) is 2.56. The summed E-state index contributed by atoms with van der Waals surface area (Å²) in [7, 11) is 1.55. The van der Waals surface area contributed by atoms with Gasteiger partial charge in [0, 0.05) is 24.8 Å². The summed E-state index contributed by atoms with van der Waals surface area (Å²) in [6, 6.07) is 6.83. The third-order valence-corrected chi connectivity index (χ3v) is 5.16. The third kappa shape index (κ3) is 4.84. The number of rotatable bonds is 6. The minimum Gasteiger partial charge on any atom is -0.772 e. The number of hydroxylamine groups is 1. The number of anilines is 1. The first kappa shape index (κ1) is 20.9. The van der Waals surface area contributed by atoms with Gasteiger partial charge < -0.3 is 14.0 Å². The Labute approximate surface area is 158 Å². The highest BCUT2D eigenvalue weighted by Gasteiger charge is 2.42. The Morgan fingerprint density at radius 2 is 2.19 bits per heavy atom. The van der Waals surface area contributed by atoms with Gasteiger partial charge in [0.25, 0.3) is 5.91 Å². The van der Waals surface area contributed by atoms with E-state index in [1.807, 2.05) is 0 Å². The van der Waals surface area contributed by atoms with Crippen LogP contribution in [0.15, 0.2) is 24.3 Å². The molecule has 2 N–H and O–H groups in total. The number of nitrogens with zero attached hydrogens (tertiary/aromatic N) is 1. The molecule has 1 fully saturated rings. The maximum atomic E-state index is 12.1. The molecular weight excluding hydrogens is 376 g/mol. The van der Waals surface area contributed by atoms with Gasteiger partial charge in [0.1, 0.15) is 17.5 Å². The maximum absolute atomic E-state index is 12.1. The number of hydrogen-bond acceptors (Lipinski definition) is 7. The van der Waals surface area contributed by atoms with Crippen LogP contribution in [0.5, 0.6) is 0 Å². The quantitative estimate of drug-likeness (QED) is 0.311. The summed E-state index contributed by atoms with van der Waals surface area (Å²) in [5.41, 5.74) is 2.63. The molecule has 0 radical (unpaired) electrons. The SMILES string of the molecule is COCC#Cc1ccc(N2CC(CC(C)(C(=O)NO)S(=O)[O-])OC2=O)cc1. The van der Waals surface area contributed by atoms with Gasteiger partial charge in [0.2, 0.25) is 0 Å². The van der Waals surface area contributed by atoms with E-state index in [0.29, 0.717) is 12.3 Å². The number of hydrogen-bond donors (Lipinski definition) is 2. The van der Waals surface area contributed by atoms with E-state index < -0.39 is 33.9 Å². The summed E-state index contributed by atoms with van der Waals surface area (Å²) >= 11 is -2.83. The maximum Gasteiger partial charge on any atom is 0.414 e. The number of benzene rings is 1. The van der Waals surface area contributed by atoms with Crippen LogP contribution in [0.1, 0.15) is 18.9 Å². The Kier molecular flexibility index (Phi) is 6.92. The second-order valence-corrected chi connectivity index (χ2v) is 7.38. The Bertz CT molecular complexity index is 787. The highest BCUT2D eigenvalue weighted by atomic mass is 32.2. The number of nitrogens with one attached hydrogen (secondary N) is 1. The predicted octanol–water partition coefficient (Wildman–Crippen LogP) is 0.543. The second-order valence-electron chi connectivity index (χ2n) is 6.01. The number of methoxy groups -OCH3 is 1. The Morgan fingerprint density at radius 3 is 2.74 bits per heavy atom. The number of amides is 2. The van der Waals surface area contributed by atoms with Crippen LogP contribution in [0.4, 0.5) is 10.5 Å². The predicted molar refractivity (Wildman–Crippen MR) is 94.7 cm³/mol. The van der Waals surface area contributed by atoms with Gasteiger partial charge in [0.05, 0.1) is 6.54 Å². The van der Waals surface area contributed by atoms with E-state index >= 15 is 0 Å². The molecule has 27 heavy (non-hydrogen) atoms. The van der Waals surface area contributed by atoms with Gasteiger partial charge in [-0.3, -0.25) is 19.1 Å². The molecule has 0 saturated carbocycles. The van der Waals surface area contributed by atoms with E-state index in [0.717, 1.165) is 12.5 Å². The van der Waals surface area contributed by atoms with E-state index in [1.165, 1.54) is 10.4 Å². The van der Waals surface area contributed by atoms with E-state index in [1.54, 1.807) is 31.4 Å².